The van der Waals surface area contributed by atoms with Crippen LogP contribution in [0.15, 0.2) is 21.6 Å². The van der Waals surface area contributed by atoms with Gasteiger partial charge in [-0.1, -0.05) is 15.9 Å². The van der Waals surface area contributed by atoms with E-state index in [4.69, 9.17) is 4.74 Å². The fourth-order valence-corrected chi connectivity index (χ4v) is 1.85. The average Bonchev–Trinajstić information content (AvgIpc) is 2.18. The lowest BCUT2D eigenvalue weighted by molar-refractivity contribution is 0.372. The van der Waals surface area contributed by atoms with E-state index in [9.17, 15) is 9.90 Å². The van der Waals surface area contributed by atoms with Gasteiger partial charge in [0.05, 0.1) is 13.2 Å². The van der Waals surface area contributed by atoms with Crippen LogP contribution in [0.5, 0.6) is 11.5 Å². The summed E-state index contributed by atoms with van der Waals surface area (Å²) in [6.45, 7) is 1.75. The molecular formula is C10H10BrNO3. The highest BCUT2D eigenvalue weighted by molar-refractivity contribution is 9.10. The maximum Gasteiger partial charge on any atom is 0.235 e. The Kier molecular flexibility index (Phi) is 3.88. The van der Waals surface area contributed by atoms with Crippen LogP contribution in [0.4, 0.5) is 0 Å². The molecule has 0 heterocycles. The number of ether oxygens (including phenoxy) is 1. The first-order chi connectivity index (χ1) is 7.10. The lowest BCUT2D eigenvalue weighted by Gasteiger charge is -2.11. The fraction of sp³-hybridized carbons (Fsp3) is 0.300. The number of isocyanates is 1. The molecule has 80 valence electrons. The third-order valence-electron chi connectivity index (χ3n) is 1.99. The molecule has 0 aromatic heterocycles. The Hall–Kier alpha value is -1.32. The summed E-state index contributed by atoms with van der Waals surface area (Å²) in [5.74, 6) is 0.386. The van der Waals surface area contributed by atoms with Gasteiger partial charge in [0.2, 0.25) is 6.08 Å². The van der Waals surface area contributed by atoms with Crippen LogP contribution in [0.1, 0.15) is 18.5 Å². The van der Waals surface area contributed by atoms with Gasteiger partial charge in [-0.25, -0.2) is 4.79 Å². The molecular weight excluding hydrogens is 262 g/mol. The largest absolute Gasteiger partial charge is 0.504 e. The van der Waals surface area contributed by atoms with Crippen molar-refractivity contribution < 1.29 is 14.6 Å². The zero-order valence-corrected chi connectivity index (χ0v) is 9.91. The van der Waals surface area contributed by atoms with Crippen molar-refractivity contribution in [2.75, 3.05) is 7.11 Å². The molecule has 0 aliphatic rings. The molecule has 0 saturated carbocycles. The quantitative estimate of drug-likeness (QED) is 0.679. The molecule has 5 heteroatoms. The fourth-order valence-electron chi connectivity index (χ4n) is 1.19. The molecule has 0 radical (unpaired) electrons. The van der Waals surface area contributed by atoms with Crippen molar-refractivity contribution in [3.8, 4) is 11.5 Å². The Morgan fingerprint density at radius 3 is 2.80 bits per heavy atom. The minimum absolute atomic E-state index is 0.0374. The van der Waals surface area contributed by atoms with E-state index in [1.807, 2.05) is 0 Å². The summed E-state index contributed by atoms with van der Waals surface area (Å²) in [5, 5.41) is 9.46. The number of halogens is 1. The van der Waals surface area contributed by atoms with Crippen molar-refractivity contribution in [2.24, 2.45) is 4.99 Å². The number of rotatable bonds is 3. The zero-order chi connectivity index (χ0) is 11.4. The number of nitrogens with zero attached hydrogens (tertiary/aromatic N) is 1. The van der Waals surface area contributed by atoms with Crippen LogP contribution in [-0.2, 0) is 4.79 Å². The predicted molar refractivity (Wildman–Crippen MR) is 58.9 cm³/mol. The number of benzene rings is 1. The maximum atomic E-state index is 10.1. The van der Waals surface area contributed by atoms with Gasteiger partial charge in [0.25, 0.3) is 0 Å². The average molecular weight is 272 g/mol. The van der Waals surface area contributed by atoms with Crippen LogP contribution in [0.3, 0.4) is 0 Å². The first-order valence-corrected chi connectivity index (χ1v) is 5.02. The third-order valence-corrected chi connectivity index (χ3v) is 2.68. The minimum atomic E-state index is -0.327. The van der Waals surface area contributed by atoms with Crippen LogP contribution < -0.4 is 4.74 Å². The molecule has 0 amide bonds. The lowest BCUT2D eigenvalue weighted by Crippen LogP contribution is -1.93. The second kappa shape index (κ2) is 4.96. The number of aliphatic imine (C=N–C) groups is 1. The molecule has 0 bridgehead atoms. The van der Waals surface area contributed by atoms with Gasteiger partial charge >= 0.3 is 0 Å². The summed E-state index contributed by atoms with van der Waals surface area (Å²) < 4.78 is 5.63. The van der Waals surface area contributed by atoms with Crippen molar-refractivity contribution in [3.63, 3.8) is 0 Å². The molecule has 1 atom stereocenters. The highest BCUT2D eigenvalue weighted by Crippen LogP contribution is 2.36. The first-order valence-electron chi connectivity index (χ1n) is 4.23. The van der Waals surface area contributed by atoms with Crippen molar-refractivity contribution in [3.05, 3.63) is 22.2 Å². The van der Waals surface area contributed by atoms with Crippen LogP contribution in [0.2, 0.25) is 0 Å². The summed E-state index contributed by atoms with van der Waals surface area (Å²) >= 11 is 3.28. The topological polar surface area (TPSA) is 58.9 Å². The second-order valence-corrected chi connectivity index (χ2v) is 3.80. The van der Waals surface area contributed by atoms with Crippen LogP contribution in [0, 0.1) is 0 Å². The van der Waals surface area contributed by atoms with Crippen molar-refractivity contribution >= 4 is 22.0 Å². The molecule has 0 fully saturated rings. The summed E-state index contributed by atoms with van der Waals surface area (Å²) in [6.07, 6.45) is 1.50. The van der Waals surface area contributed by atoms with E-state index in [1.165, 1.54) is 19.3 Å². The van der Waals surface area contributed by atoms with Gasteiger partial charge in [-0.15, -0.1) is 0 Å². The molecule has 1 aromatic rings. The maximum absolute atomic E-state index is 10.1. The Balaban J connectivity index is 3.23. The highest BCUT2D eigenvalue weighted by atomic mass is 79.9. The SMILES string of the molecule is COc1cc(C(C)N=C=O)c(Br)cc1O. The summed E-state index contributed by atoms with van der Waals surface area (Å²) in [4.78, 5) is 13.7. The Morgan fingerprint density at radius 1 is 1.60 bits per heavy atom. The molecule has 1 N–H and O–H groups in total. The number of phenols is 1. The molecule has 15 heavy (non-hydrogen) atoms. The van der Waals surface area contributed by atoms with E-state index in [1.54, 1.807) is 13.0 Å². The molecule has 1 rings (SSSR count). The molecule has 0 aliphatic heterocycles. The number of phenolic OH excluding ortho intramolecular Hbond substituents is 1. The van der Waals surface area contributed by atoms with Gasteiger partial charge in [-0.05, 0) is 24.6 Å². The molecule has 4 nitrogen and oxygen atoms in total. The van der Waals surface area contributed by atoms with Gasteiger partial charge in [0.1, 0.15) is 0 Å². The number of carbonyl (C=O) groups excluding carboxylic acids is 1. The van der Waals surface area contributed by atoms with Gasteiger partial charge in [-0.3, -0.25) is 0 Å². The Bertz CT molecular complexity index is 413. The van der Waals surface area contributed by atoms with Gasteiger partial charge in [0.15, 0.2) is 11.5 Å². The van der Waals surface area contributed by atoms with E-state index in [-0.39, 0.29) is 11.8 Å². The number of hydrogen-bond acceptors (Lipinski definition) is 4. The number of aromatic hydroxyl groups is 1. The van der Waals surface area contributed by atoms with Crippen molar-refractivity contribution in [1.82, 2.24) is 0 Å². The van der Waals surface area contributed by atoms with Gasteiger partial charge in [0, 0.05) is 4.47 Å². The van der Waals surface area contributed by atoms with E-state index >= 15 is 0 Å². The Morgan fingerprint density at radius 2 is 2.27 bits per heavy atom. The molecule has 0 saturated heterocycles. The zero-order valence-electron chi connectivity index (χ0n) is 8.32. The smallest absolute Gasteiger partial charge is 0.235 e. The highest BCUT2D eigenvalue weighted by Gasteiger charge is 2.12. The van der Waals surface area contributed by atoms with Gasteiger partial charge < -0.3 is 9.84 Å². The monoisotopic (exact) mass is 271 g/mol. The molecule has 0 spiro atoms. The van der Waals surface area contributed by atoms with Crippen LogP contribution in [-0.4, -0.2) is 18.3 Å². The molecule has 1 unspecified atom stereocenters. The van der Waals surface area contributed by atoms with E-state index in [2.05, 4.69) is 20.9 Å². The minimum Gasteiger partial charge on any atom is -0.504 e. The van der Waals surface area contributed by atoms with E-state index < -0.39 is 0 Å². The van der Waals surface area contributed by atoms with Crippen molar-refractivity contribution in [1.29, 1.82) is 0 Å². The number of hydrogen-bond donors (Lipinski definition) is 1. The normalized spacial score (nSPS) is 11.7. The number of methoxy groups -OCH3 is 1. The Labute approximate surface area is 95.7 Å². The van der Waals surface area contributed by atoms with E-state index in [0.29, 0.717) is 10.2 Å². The van der Waals surface area contributed by atoms with E-state index in [0.717, 1.165) is 5.56 Å². The molecule has 0 aliphatic carbocycles. The summed E-state index contributed by atoms with van der Waals surface area (Å²) in [6, 6.07) is 2.81. The summed E-state index contributed by atoms with van der Waals surface area (Å²) in [5.41, 5.74) is 0.757. The van der Waals surface area contributed by atoms with Crippen LogP contribution >= 0.6 is 15.9 Å². The third kappa shape index (κ3) is 2.58. The standard InChI is InChI=1S/C10H10BrNO3/c1-6(12-5-13)7-3-10(15-2)9(14)4-8(7)11/h3-4,6,14H,1-2H3. The summed E-state index contributed by atoms with van der Waals surface area (Å²) in [7, 11) is 1.46. The predicted octanol–water partition coefficient (Wildman–Crippen LogP) is 2.56. The lowest BCUT2D eigenvalue weighted by atomic mass is 10.1. The molecule has 1 aromatic carbocycles. The second-order valence-electron chi connectivity index (χ2n) is 2.94. The first kappa shape index (κ1) is 11.8. The van der Waals surface area contributed by atoms with Gasteiger partial charge in [-0.2, -0.15) is 4.99 Å². The van der Waals surface area contributed by atoms with Crippen LogP contribution in [0.25, 0.3) is 0 Å². The van der Waals surface area contributed by atoms with Crippen molar-refractivity contribution in [2.45, 2.75) is 13.0 Å².